The van der Waals surface area contributed by atoms with Crippen LogP contribution in [0.5, 0.6) is 5.75 Å². The van der Waals surface area contributed by atoms with Gasteiger partial charge in [-0.2, -0.15) is 5.26 Å². The second-order valence-corrected chi connectivity index (χ2v) is 4.08. The Morgan fingerprint density at radius 2 is 2.05 bits per heavy atom. The predicted octanol–water partition coefficient (Wildman–Crippen LogP) is 2.75. The largest absolute Gasteiger partial charge is 0.492 e. The zero-order chi connectivity index (χ0) is 13.5. The summed E-state index contributed by atoms with van der Waals surface area (Å²) in [6.07, 6.45) is 0. The molecule has 2 rings (SSSR count). The summed E-state index contributed by atoms with van der Waals surface area (Å²) in [6, 6.07) is 15.3. The minimum atomic E-state index is 0.543. The molecule has 19 heavy (non-hydrogen) atoms. The molecule has 0 atom stereocenters. The zero-order valence-corrected chi connectivity index (χ0v) is 10.8. The lowest BCUT2D eigenvalue weighted by molar-refractivity contribution is 0.333. The number of aromatic nitrogens is 1. The fraction of sp³-hybridized carbons (Fsp3) is 0.200. The van der Waals surface area contributed by atoms with Crippen LogP contribution >= 0.6 is 0 Å². The van der Waals surface area contributed by atoms with E-state index in [-0.39, 0.29) is 0 Å². The summed E-state index contributed by atoms with van der Waals surface area (Å²) < 4.78 is 5.56. The van der Waals surface area contributed by atoms with E-state index in [1.54, 1.807) is 12.1 Å². The molecule has 4 nitrogen and oxygen atoms in total. The molecule has 96 valence electrons. The number of hydrogen-bond donors (Lipinski definition) is 1. The lowest BCUT2D eigenvalue weighted by Gasteiger charge is -2.08. The number of anilines is 1. The summed E-state index contributed by atoms with van der Waals surface area (Å²) in [6.45, 7) is 3.05. The highest BCUT2D eigenvalue weighted by Crippen LogP contribution is 2.10. The summed E-state index contributed by atoms with van der Waals surface area (Å²) in [5.74, 6) is 1.55. The highest BCUT2D eigenvalue weighted by Gasteiger charge is 1.99. The number of pyridine rings is 1. The second kappa shape index (κ2) is 6.41. The van der Waals surface area contributed by atoms with Crippen molar-refractivity contribution < 1.29 is 4.74 Å². The quantitative estimate of drug-likeness (QED) is 0.832. The molecule has 0 fully saturated rings. The maximum Gasteiger partial charge on any atom is 0.127 e. The second-order valence-electron chi connectivity index (χ2n) is 4.08. The van der Waals surface area contributed by atoms with Crippen LogP contribution in [0.15, 0.2) is 42.5 Å². The molecule has 0 bridgehead atoms. The number of ether oxygens (including phenoxy) is 1. The molecule has 1 aromatic carbocycles. The van der Waals surface area contributed by atoms with Crippen molar-refractivity contribution >= 4 is 5.82 Å². The van der Waals surface area contributed by atoms with Crippen LogP contribution < -0.4 is 10.1 Å². The molecule has 0 radical (unpaired) electrons. The SMILES string of the molecule is Cc1cc(C#N)cc(NCCOc2ccccc2)n1. The first-order valence-corrected chi connectivity index (χ1v) is 6.08. The van der Waals surface area contributed by atoms with E-state index < -0.39 is 0 Å². The van der Waals surface area contributed by atoms with Gasteiger partial charge in [0.05, 0.1) is 18.2 Å². The van der Waals surface area contributed by atoms with E-state index in [9.17, 15) is 0 Å². The van der Waals surface area contributed by atoms with Crippen molar-refractivity contribution in [2.45, 2.75) is 6.92 Å². The summed E-state index contributed by atoms with van der Waals surface area (Å²) >= 11 is 0. The summed E-state index contributed by atoms with van der Waals surface area (Å²) in [7, 11) is 0. The van der Waals surface area contributed by atoms with Gasteiger partial charge in [-0.25, -0.2) is 4.98 Å². The van der Waals surface area contributed by atoms with Crippen molar-refractivity contribution in [1.82, 2.24) is 4.98 Å². The first kappa shape index (κ1) is 12.9. The van der Waals surface area contributed by atoms with E-state index in [4.69, 9.17) is 10.00 Å². The number of aryl methyl sites for hydroxylation is 1. The van der Waals surface area contributed by atoms with Gasteiger partial charge < -0.3 is 10.1 Å². The monoisotopic (exact) mass is 253 g/mol. The topological polar surface area (TPSA) is 57.9 Å². The van der Waals surface area contributed by atoms with Gasteiger partial charge in [0.1, 0.15) is 18.2 Å². The molecule has 0 saturated carbocycles. The van der Waals surface area contributed by atoms with Gasteiger partial charge in [-0.15, -0.1) is 0 Å². The normalized spacial score (nSPS) is 9.68. The maximum atomic E-state index is 8.88. The van der Waals surface area contributed by atoms with E-state index in [1.807, 2.05) is 37.3 Å². The maximum absolute atomic E-state index is 8.88. The van der Waals surface area contributed by atoms with Crippen LogP contribution in [0.4, 0.5) is 5.82 Å². The smallest absolute Gasteiger partial charge is 0.127 e. The average molecular weight is 253 g/mol. The fourth-order valence-electron chi connectivity index (χ4n) is 1.69. The van der Waals surface area contributed by atoms with Gasteiger partial charge in [-0.1, -0.05) is 18.2 Å². The van der Waals surface area contributed by atoms with Gasteiger partial charge in [0.2, 0.25) is 0 Å². The Morgan fingerprint density at radius 3 is 2.79 bits per heavy atom. The molecule has 0 aliphatic heterocycles. The van der Waals surface area contributed by atoms with Crippen molar-refractivity contribution in [2.24, 2.45) is 0 Å². The summed E-state index contributed by atoms with van der Waals surface area (Å²) in [5.41, 5.74) is 1.43. The number of hydrogen-bond acceptors (Lipinski definition) is 4. The predicted molar refractivity (Wildman–Crippen MR) is 74.1 cm³/mol. The van der Waals surface area contributed by atoms with Gasteiger partial charge in [0.25, 0.3) is 0 Å². The van der Waals surface area contributed by atoms with Crippen molar-refractivity contribution in [1.29, 1.82) is 5.26 Å². The van der Waals surface area contributed by atoms with Crippen molar-refractivity contribution in [3.8, 4) is 11.8 Å². The number of benzene rings is 1. The molecule has 0 spiro atoms. The van der Waals surface area contributed by atoms with E-state index in [0.717, 1.165) is 11.4 Å². The van der Waals surface area contributed by atoms with Crippen molar-refractivity contribution in [3.63, 3.8) is 0 Å². The number of para-hydroxylation sites is 1. The molecule has 0 unspecified atom stereocenters. The fourth-order valence-corrected chi connectivity index (χ4v) is 1.69. The van der Waals surface area contributed by atoms with E-state index in [0.29, 0.717) is 24.5 Å². The zero-order valence-electron chi connectivity index (χ0n) is 10.8. The molecular formula is C15H15N3O. The highest BCUT2D eigenvalue weighted by molar-refractivity contribution is 5.44. The number of nitrogens with one attached hydrogen (secondary N) is 1. The molecule has 1 heterocycles. The summed E-state index contributed by atoms with van der Waals surface area (Å²) in [4.78, 5) is 4.31. The Kier molecular flexibility index (Phi) is 4.35. The molecule has 0 amide bonds. The van der Waals surface area contributed by atoms with Crippen LogP contribution in [0.3, 0.4) is 0 Å². The minimum absolute atomic E-state index is 0.543. The first-order chi connectivity index (χ1) is 9.28. The van der Waals surface area contributed by atoms with Gasteiger partial charge in [-0.3, -0.25) is 0 Å². The number of nitrogens with zero attached hydrogens (tertiary/aromatic N) is 2. The van der Waals surface area contributed by atoms with Gasteiger partial charge in [0, 0.05) is 5.69 Å². The third-order valence-corrected chi connectivity index (χ3v) is 2.50. The Balaban J connectivity index is 1.83. The molecular weight excluding hydrogens is 238 g/mol. The molecule has 0 aliphatic rings. The average Bonchev–Trinajstić information content (AvgIpc) is 2.44. The molecule has 1 N–H and O–H groups in total. The van der Waals surface area contributed by atoms with Crippen molar-refractivity contribution in [2.75, 3.05) is 18.5 Å². The number of nitriles is 1. The minimum Gasteiger partial charge on any atom is -0.492 e. The Morgan fingerprint density at radius 1 is 1.26 bits per heavy atom. The Bertz CT molecular complexity index is 576. The number of rotatable bonds is 5. The third kappa shape index (κ3) is 4.00. The van der Waals surface area contributed by atoms with Crippen LogP contribution in [-0.2, 0) is 0 Å². The van der Waals surface area contributed by atoms with Crippen LogP contribution in [0.1, 0.15) is 11.3 Å². The lowest BCUT2D eigenvalue weighted by atomic mass is 10.2. The van der Waals surface area contributed by atoms with Crippen LogP contribution in [-0.4, -0.2) is 18.1 Å². The molecule has 0 saturated heterocycles. The molecule has 1 aromatic heterocycles. The van der Waals surface area contributed by atoms with E-state index in [2.05, 4.69) is 16.4 Å². The van der Waals surface area contributed by atoms with Crippen molar-refractivity contribution in [3.05, 3.63) is 53.7 Å². The molecule has 2 aromatic rings. The van der Waals surface area contributed by atoms with Crippen LogP contribution in [0.2, 0.25) is 0 Å². The van der Waals surface area contributed by atoms with Crippen LogP contribution in [0, 0.1) is 18.3 Å². The van der Waals surface area contributed by atoms with E-state index >= 15 is 0 Å². The molecule has 4 heteroatoms. The highest BCUT2D eigenvalue weighted by atomic mass is 16.5. The Labute approximate surface area is 112 Å². The lowest BCUT2D eigenvalue weighted by Crippen LogP contribution is -2.12. The van der Waals surface area contributed by atoms with Crippen LogP contribution in [0.25, 0.3) is 0 Å². The Hall–Kier alpha value is -2.54. The summed E-state index contributed by atoms with van der Waals surface area (Å²) in [5, 5.41) is 12.0. The standard InChI is InChI=1S/C15H15N3O/c1-12-9-13(11-16)10-15(18-12)17-7-8-19-14-5-3-2-4-6-14/h2-6,9-10H,7-8H2,1H3,(H,17,18). The first-order valence-electron chi connectivity index (χ1n) is 6.08. The van der Waals surface area contributed by atoms with Gasteiger partial charge in [-0.05, 0) is 31.2 Å². The third-order valence-electron chi connectivity index (χ3n) is 2.50. The van der Waals surface area contributed by atoms with Gasteiger partial charge >= 0.3 is 0 Å². The van der Waals surface area contributed by atoms with E-state index in [1.165, 1.54) is 0 Å². The van der Waals surface area contributed by atoms with Gasteiger partial charge in [0.15, 0.2) is 0 Å². The molecule has 0 aliphatic carbocycles.